The van der Waals surface area contributed by atoms with Crippen molar-refractivity contribution in [2.45, 2.75) is 277 Å². The van der Waals surface area contributed by atoms with Crippen LogP contribution in [0, 0.1) is 0 Å². The Bertz CT molecular complexity index is 1020. The maximum Gasteiger partial charge on any atom is 0.306 e. The van der Waals surface area contributed by atoms with Gasteiger partial charge in [0.15, 0.2) is 6.10 Å². The summed E-state index contributed by atoms with van der Waals surface area (Å²) >= 11 is 0. The van der Waals surface area contributed by atoms with Crippen molar-refractivity contribution in [2.24, 2.45) is 0 Å². The molecule has 10 heteroatoms. The number of hydrogen-bond acceptors (Lipinski definition) is 8. The molecule has 0 aromatic rings. The molecule has 0 aliphatic carbocycles. The highest BCUT2D eigenvalue weighted by Crippen LogP contribution is 2.38. The van der Waals surface area contributed by atoms with E-state index in [4.69, 9.17) is 18.5 Å². The molecule has 0 N–H and O–H groups in total. The van der Waals surface area contributed by atoms with Gasteiger partial charge in [-0.05, 0) is 12.8 Å². The van der Waals surface area contributed by atoms with Crippen LogP contribution in [0.4, 0.5) is 0 Å². The van der Waals surface area contributed by atoms with Crippen molar-refractivity contribution >= 4 is 19.8 Å². The molecule has 0 saturated carbocycles. The molecule has 0 aromatic carbocycles. The summed E-state index contributed by atoms with van der Waals surface area (Å²) in [5.41, 5.74) is 0. The van der Waals surface area contributed by atoms with Crippen molar-refractivity contribution in [3.63, 3.8) is 0 Å². The smallest absolute Gasteiger partial charge is 0.306 e. The minimum atomic E-state index is -4.62. The van der Waals surface area contributed by atoms with Gasteiger partial charge in [-0.15, -0.1) is 0 Å². The van der Waals surface area contributed by atoms with Crippen LogP contribution in [0.3, 0.4) is 0 Å². The fourth-order valence-corrected chi connectivity index (χ4v) is 8.68. The van der Waals surface area contributed by atoms with Crippen molar-refractivity contribution in [3.8, 4) is 0 Å². The maximum atomic E-state index is 12.7. The van der Waals surface area contributed by atoms with Crippen molar-refractivity contribution < 1.29 is 42.1 Å². The molecular formula is C52H104NO8P. The minimum Gasteiger partial charge on any atom is -0.756 e. The summed E-state index contributed by atoms with van der Waals surface area (Å²) in [6.45, 7) is 4.29. The van der Waals surface area contributed by atoms with Crippen LogP contribution in [0.15, 0.2) is 0 Å². The number of likely N-dealkylation sites (N-methyl/N-ethyl adjacent to an activating group) is 1. The Kier molecular flexibility index (Phi) is 44.5. The van der Waals surface area contributed by atoms with Crippen molar-refractivity contribution in [2.75, 3.05) is 47.5 Å². The van der Waals surface area contributed by atoms with E-state index < -0.39 is 26.5 Å². The van der Waals surface area contributed by atoms with Gasteiger partial charge < -0.3 is 27.9 Å². The zero-order valence-electron chi connectivity index (χ0n) is 41.9. The standard InChI is InChI=1S/C52H104NO8P/c1-6-8-10-12-14-16-18-20-22-23-24-25-26-27-28-29-30-31-33-35-37-39-41-43-45-52(55)61-50(49-60-62(56,57)59-47-46-53(3,4)5)48-58-51(54)44-42-40-38-36-34-32-21-19-17-15-13-11-9-7-2/h50H,6-49H2,1-5H3. The van der Waals surface area contributed by atoms with E-state index in [0.29, 0.717) is 17.4 Å². The van der Waals surface area contributed by atoms with E-state index in [1.54, 1.807) is 0 Å². The van der Waals surface area contributed by atoms with Gasteiger partial charge in [-0.25, -0.2) is 0 Å². The Morgan fingerprint density at radius 2 is 0.726 bits per heavy atom. The molecule has 0 saturated heterocycles. The van der Waals surface area contributed by atoms with Crippen LogP contribution in [-0.2, 0) is 32.7 Å². The molecule has 0 aliphatic heterocycles. The Morgan fingerprint density at radius 1 is 0.435 bits per heavy atom. The first-order valence-electron chi connectivity index (χ1n) is 26.7. The second-order valence-electron chi connectivity index (χ2n) is 19.6. The Hall–Kier alpha value is -0.990. The fraction of sp³-hybridized carbons (Fsp3) is 0.962. The van der Waals surface area contributed by atoms with E-state index >= 15 is 0 Å². The lowest BCUT2D eigenvalue weighted by Gasteiger charge is -2.28. The monoisotopic (exact) mass is 902 g/mol. The molecule has 0 radical (unpaired) electrons. The Balaban J connectivity index is 4.12. The number of phosphoric ester groups is 1. The van der Waals surface area contributed by atoms with Crippen LogP contribution in [-0.4, -0.2) is 70.0 Å². The molecular weight excluding hydrogens is 798 g/mol. The number of hydrogen-bond donors (Lipinski definition) is 0. The molecule has 370 valence electrons. The van der Waals surface area contributed by atoms with Crippen LogP contribution in [0.25, 0.3) is 0 Å². The number of quaternary nitrogens is 1. The number of nitrogens with zero attached hydrogens (tertiary/aromatic N) is 1. The predicted molar refractivity (Wildman–Crippen MR) is 259 cm³/mol. The number of esters is 2. The predicted octanol–water partition coefficient (Wildman–Crippen LogP) is 15.3. The SMILES string of the molecule is CCCCCCCCCCCCCCCCCCCCCCCCCCC(=O)OC(COC(=O)CCCCCCCCCCCCCCCC)COP(=O)([O-])OCC[N+](C)(C)C. The fourth-order valence-electron chi connectivity index (χ4n) is 7.95. The summed E-state index contributed by atoms with van der Waals surface area (Å²) < 4.78 is 34.1. The summed E-state index contributed by atoms with van der Waals surface area (Å²) in [7, 11) is 1.19. The topological polar surface area (TPSA) is 111 Å². The second kappa shape index (κ2) is 45.2. The molecule has 0 amide bonds. The number of carbonyl (C=O) groups excluding carboxylic acids is 2. The Morgan fingerprint density at radius 3 is 1.03 bits per heavy atom. The van der Waals surface area contributed by atoms with E-state index in [-0.39, 0.29) is 32.0 Å². The lowest BCUT2D eigenvalue weighted by molar-refractivity contribution is -0.870. The summed E-state index contributed by atoms with van der Waals surface area (Å²) in [6, 6.07) is 0. The van der Waals surface area contributed by atoms with Gasteiger partial charge in [-0.1, -0.05) is 245 Å². The van der Waals surface area contributed by atoms with E-state index in [1.165, 1.54) is 205 Å². The summed E-state index contributed by atoms with van der Waals surface area (Å²) in [4.78, 5) is 37.7. The van der Waals surface area contributed by atoms with Gasteiger partial charge in [0.1, 0.15) is 19.8 Å². The lowest BCUT2D eigenvalue weighted by Crippen LogP contribution is -2.37. The van der Waals surface area contributed by atoms with E-state index in [0.717, 1.165) is 32.1 Å². The molecule has 0 heterocycles. The molecule has 2 unspecified atom stereocenters. The molecule has 9 nitrogen and oxygen atoms in total. The number of carbonyl (C=O) groups is 2. The van der Waals surface area contributed by atoms with Crippen LogP contribution in [0.1, 0.15) is 271 Å². The molecule has 0 bridgehead atoms. The summed E-state index contributed by atoms with van der Waals surface area (Å²) in [5.74, 6) is -0.813. The van der Waals surface area contributed by atoms with Crippen LogP contribution >= 0.6 is 7.82 Å². The average Bonchev–Trinajstić information content (AvgIpc) is 3.23. The van der Waals surface area contributed by atoms with Gasteiger partial charge in [0, 0.05) is 12.8 Å². The summed E-state index contributed by atoms with van der Waals surface area (Å²) in [5, 5.41) is 0. The zero-order chi connectivity index (χ0) is 45.7. The molecule has 0 spiro atoms. The third kappa shape index (κ3) is 48.5. The molecule has 62 heavy (non-hydrogen) atoms. The minimum absolute atomic E-state index is 0.0253. The van der Waals surface area contributed by atoms with Crippen LogP contribution in [0.2, 0.25) is 0 Å². The molecule has 0 aliphatic rings. The van der Waals surface area contributed by atoms with Gasteiger partial charge in [0.05, 0.1) is 27.7 Å². The third-order valence-electron chi connectivity index (χ3n) is 12.1. The van der Waals surface area contributed by atoms with Gasteiger partial charge in [0.2, 0.25) is 0 Å². The highest BCUT2D eigenvalue weighted by molar-refractivity contribution is 7.45. The number of phosphoric acid groups is 1. The molecule has 0 rings (SSSR count). The third-order valence-corrected chi connectivity index (χ3v) is 13.1. The first-order chi connectivity index (χ1) is 30.0. The van der Waals surface area contributed by atoms with E-state index in [1.807, 2.05) is 21.1 Å². The van der Waals surface area contributed by atoms with Crippen molar-refractivity contribution in [1.29, 1.82) is 0 Å². The average molecular weight is 902 g/mol. The van der Waals surface area contributed by atoms with Crippen LogP contribution in [0.5, 0.6) is 0 Å². The van der Waals surface area contributed by atoms with E-state index in [9.17, 15) is 19.0 Å². The molecule has 0 fully saturated rings. The van der Waals surface area contributed by atoms with Crippen molar-refractivity contribution in [1.82, 2.24) is 0 Å². The maximum absolute atomic E-state index is 12.7. The normalized spacial score (nSPS) is 13.3. The van der Waals surface area contributed by atoms with E-state index in [2.05, 4.69) is 13.8 Å². The summed E-state index contributed by atoms with van der Waals surface area (Å²) in [6.07, 6.45) is 48.5. The van der Waals surface area contributed by atoms with Gasteiger partial charge in [-0.3, -0.25) is 14.2 Å². The van der Waals surface area contributed by atoms with Gasteiger partial charge in [0.25, 0.3) is 7.82 Å². The van der Waals surface area contributed by atoms with Gasteiger partial charge >= 0.3 is 11.9 Å². The van der Waals surface area contributed by atoms with Crippen LogP contribution < -0.4 is 4.89 Å². The lowest BCUT2D eigenvalue weighted by atomic mass is 10.0. The number of unbranched alkanes of at least 4 members (excludes halogenated alkanes) is 36. The largest absolute Gasteiger partial charge is 0.756 e. The number of rotatable bonds is 50. The quantitative estimate of drug-likeness (QED) is 0.0257. The highest BCUT2D eigenvalue weighted by atomic mass is 31.2. The molecule has 0 aromatic heterocycles. The Labute approximate surface area is 384 Å². The first kappa shape index (κ1) is 61.0. The zero-order valence-corrected chi connectivity index (χ0v) is 42.7. The second-order valence-corrected chi connectivity index (χ2v) is 21.0. The molecule has 2 atom stereocenters. The van der Waals surface area contributed by atoms with Gasteiger partial charge in [-0.2, -0.15) is 0 Å². The number of ether oxygens (including phenoxy) is 2. The van der Waals surface area contributed by atoms with Crippen molar-refractivity contribution in [3.05, 3.63) is 0 Å². The highest BCUT2D eigenvalue weighted by Gasteiger charge is 2.21. The first-order valence-corrected chi connectivity index (χ1v) is 28.2.